The Morgan fingerprint density at radius 3 is 2.63 bits per heavy atom. The standard InChI is InChI=1S/C23H26N4O.2ClH/c28-23(14-21-5-3-11-25-21)26-15-20-4-1-2-6-22(20)19-9-7-18(8-10-19)16-27-13-12-24-17-27;;/h1-2,4,6-10,12-13,17,21,25H,3,5,11,14-16H2,(H,26,28);2*1H. The van der Waals surface area contributed by atoms with Gasteiger partial charge in [-0.1, -0.05) is 48.5 Å². The van der Waals surface area contributed by atoms with Gasteiger partial charge in [0.15, 0.2) is 0 Å². The smallest absolute Gasteiger partial charge is 0.221 e. The summed E-state index contributed by atoms with van der Waals surface area (Å²) in [5.41, 5.74) is 4.70. The van der Waals surface area contributed by atoms with Crippen molar-refractivity contribution in [3.63, 3.8) is 0 Å². The molecule has 2 N–H and O–H groups in total. The van der Waals surface area contributed by atoms with Gasteiger partial charge >= 0.3 is 0 Å². The van der Waals surface area contributed by atoms with Crippen LogP contribution in [0, 0.1) is 0 Å². The number of hydrogen-bond donors (Lipinski definition) is 2. The monoisotopic (exact) mass is 446 g/mol. The number of nitrogens with zero attached hydrogens (tertiary/aromatic N) is 2. The molecule has 0 aliphatic carbocycles. The molecule has 1 aliphatic heterocycles. The maximum absolute atomic E-state index is 12.3. The van der Waals surface area contributed by atoms with Crippen molar-refractivity contribution in [2.24, 2.45) is 0 Å². The van der Waals surface area contributed by atoms with Gasteiger partial charge in [-0.05, 0) is 41.6 Å². The van der Waals surface area contributed by atoms with Gasteiger partial charge in [-0.15, -0.1) is 24.8 Å². The van der Waals surface area contributed by atoms with Gasteiger partial charge < -0.3 is 15.2 Å². The van der Waals surface area contributed by atoms with E-state index < -0.39 is 0 Å². The zero-order valence-electron chi connectivity index (χ0n) is 16.8. The van der Waals surface area contributed by atoms with E-state index in [2.05, 4.69) is 56.6 Å². The van der Waals surface area contributed by atoms with Crippen molar-refractivity contribution in [1.29, 1.82) is 0 Å². The fourth-order valence-corrected chi connectivity index (χ4v) is 3.76. The summed E-state index contributed by atoms with van der Waals surface area (Å²) in [4.78, 5) is 16.3. The summed E-state index contributed by atoms with van der Waals surface area (Å²) in [6.07, 6.45) is 8.40. The first-order chi connectivity index (χ1) is 13.8. The van der Waals surface area contributed by atoms with Crippen LogP contribution in [-0.2, 0) is 17.9 Å². The lowest BCUT2D eigenvalue weighted by molar-refractivity contribution is -0.121. The Morgan fingerprint density at radius 2 is 1.93 bits per heavy atom. The number of rotatable bonds is 7. The van der Waals surface area contributed by atoms with Crippen molar-refractivity contribution in [2.75, 3.05) is 6.54 Å². The molecule has 160 valence electrons. The number of carbonyl (C=O) groups excluding carboxylic acids is 1. The maximum Gasteiger partial charge on any atom is 0.221 e. The molecular formula is C23H28Cl2N4O. The molecule has 0 spiro atoms. The molecule has 1 fully saturated rings. The minimum absolute atomic E-state index is 0. The Hall–Kier alpha value is -2.34. The van der Waals surface area contributed by atoms with Crippen LogP contribution in [-0.4, -0.2) is 28.0 Å². The van der Waals surface area contributed by atoms with Gasteiger partial charge in [0, 0.05) is 37.9 Å². The molecule has 1 atom stereocenters. The van der Waals surface area contributed by atoms with Crippen LogP contribution in [0.15, 0.2) is 67.3 Å². The van der Waals surface area contributed by atoms with Crippen LogP contribution in [0.1, 0.15) is 30.4 Å². The Morgan fingerprint density at radius 1 is 1.13 bits per heavy atom. The van der Waals surface area contributed by atoms with Crippen LogP contribution < -0.4 is 10.6 Å². The SMILES string of the molecule is Cl.Cl.O=C(CC1CCCN1)NCc1ccccc1-c1ccc(Cn2ccnc2)cc1. The van der Waals surface area contributed by atoms with Crippen LogP contribution in [0.3, 0.4) is 0 Å². The van der Waals surface area contributed by atoms with Crippen LogP contribution in [0.4, 0.5) is 0 Å². The summed E-state index contributed by atoms with van der Waals surface area (Å²) in [5.74, 6) is 0.116. The van der Waals surface area contributed by atoms with Gasteiger partial charge in [0.25, 0.3) is 0 Å². The lowest BCUT2D eigenvalue weighted by atomic mass is 9.98. The van der Waals surface area contributed by atoms with Gasteiger partial charge in [0.1, 0.15) is 0 Å². The van der Waals surface area contributed by atoms with E-state index in [0.29, 0.717) is 19.0 Å². The topological polar surface area (TPSA) is 59.0 Å². The fourth-order valence-electron chi connectivity index (χ4n) is 3.76. The molecular weight excluding hydrogens is 419 g/mol. The highest BCUT2D eigenvalue weighted by Crippen LogP contribution is 2.24. The zero-order valence-corrected chi connectivity index (χ0v) is 18.4. The third-order valence-electron chi connectivity index (χ3n) is 5.28. The average molecular weight is 447 g/mol. The molecule has 0 radical (unpaired) electrons. The number of nitrogens with one attached hydrogen (secondary N) is 2. The van der Waals surface area contributed by atoms with Gasteiger partial charge in [-0.3, -0.25) is 4.79 Å². The molecule has 30 heavy (non-hydrogen) atoms. The first-order valence-electron chi connectivity index (χ1n) is 9.91. The molecule has 1 saturated heterocycles. The van der Waals surface area contributed by atoms with Crippen LogP contribution in [0.2, 0.25) is 0 Å². The quantitative estimate of drug-likeness (QED) is 0.571. The van der Waals surface area contributed by atoms with E-state index >= 15 is 0 Å². The second kappa shape index (κ2) is 11.7. The maximum atomic E-state index is 12.3. The van der Waals surface area contributed by atoms with E-state index in [9.17, 15) is 4.79 Å². The van der Waals surface area contributed by atoms with Crippen LogP contribution in [0.25, 0.3) is 11.1 Å². The molecule has 7 heteroatoms. The van der Waals surface area contributed by atoms with E-state index in [-0.39, 0.29) is 30.7 Å². The number of hydrogen-bond acceptors (Lipinski definition) is 3. The molecule has 3 aromatic rings. The number of carbonyl (C=O) groups is 1. The Bertz CT molecular complexity index is 907. The molecule has 1 unspecified atom stereocenters. The fraction of sp³-hybridized carbons (Fsp3) is 0.304. The van der Waals surface area contributed by atoms with Crippen molar-refractivity contribution >= 4 is 30.7 Å². The largest absolute Gasteiger partial charge is 0.352 e. The van der Waals surface area contributed by atoms with E-state index in [1.807, 2.05) is 24.7 Å². The van der Waals surface area contributed by atoms with Crippen LogP contribution >= 0.6 is 24.8 Å². The minimum Gasteiger partial charge on any atom is -0.352 e. The third kappa shape index (κ3) is 6.33. The van der Waals surface area contributed by atoms with Gasteiger partial charge in [-0.2, -0.15) is 0 Å². The Labute approximate surface area is 190 Å². The van der Waals surface area contributed by atoms with E-state index in [1.54, 1.807) is 6.20 Å². The van der Waals surface area contributed by atoms with Crippen molar-refractivity contribution < 1.29 is 4.79 Å². The number of halogens is 2. The van der Waals surface area contributed by atoms with Gasteiger partial charge in [0.2, 0.25) is 5.91 Å². The van der Waals surface area contributed by atoms with Crippen molar-refractivity contribution in [2.45, 2.75) is 38.4 Å². The second-order valence-electron chi connectivity index (χ2n) is 7.36. The molecule has 1 aromatic heterocycles. The molecule has 0 saturated carbocycles. The number of imidazole rings is 1. The first-order valence-corrected chi connectivity index (χ1v) is 9.91. The first kappa shape index (κ1) is 23.9. The highest BCUT2D eigenvalue weighted by atomic mass is 35.5. The number of aromatic nitrogens is 2. The molecule has 1 aliphatic rings. The minimum atomic E-state index is 0. The predicted molar refractivity (Wildman–Crippen MR) is 125 cm³/mol. The number of benzene rings is 2. The lowest BCUT2D eigenvalue weighted by Gasteiger charge is -2.13. The summed E-state index contributed by atoms with van der Waals surface area (Å²) >= 11 is 0. The van der Waals surface area contributed by atoms with Crippen molar-refractivity contribution in [3.8, 4) is 11.1 Å². The normalized spacial score (nSPS) is 15.1. The van der Waals surface area contributed by atoms with Gasteiger partial charge in [0.05, 0.1) is 6.33 Å². The molecule has 1 amide bonds. The van der Waals surface area contributed by atoms with Crippen LogP contribution in [0.5, 0.6) is 0 Å². The average Bonchev–Trinajstić information content (AvgIpc) is 3.42. The molecule has 5 nitrogen and oxygen atoms in total. The van der Waals surface area contributed by atoms with E-state index in [4.69, 9.17) is 0 Å². The Balaban J connectivity index is 0.00000160. The van der Waals surface area contributed by atoms with Gasteiger partial charge in [-0.25, -0.2) is 4.98 Å². The molecule has 0 bridgehead atoms. The summed E-state index contributed by atoms with van der Waals surface area (Å²) in [6.45, 7) is 2.39. The number of amides is 1. The van der Waals surface area contributed by atoms with E-state index in [1.165, 1.54) is 5.56 Å². The highest BCUT2D eigenvalue weighted by Gasteiger charge is 2.17. The molecule has 4 rings (SSSR count). The predicted octanol–water partition coefficient (Wildman–Crippen LogP) is 4.20. The third-order valence-corrected chi connectivity index (χ3v) is 5.28. The zero-order chi connectivity index (χ0) is 19.2. The summed E-state index contributed by atoms with van der Waals surface area (Å²) in [7, 11) is 0. The summed E-state index contributed by atoms with van der Waals surface area (Å²) in [6, 6.07) is 17.2. The second-order valence-corrected chi connectivity index (χ2v) is 7.36. The van der Waals surface area contributed by atoms with E-state index in [0.717, 1.165) is 42.6 Å². The summed E-state index contributed by atoms with van der Waals surface area (Å²) < 4.78 is 2.05. The summed E-state index contributed by atoms with van der Waals surface area (Å²) in [5, 5.41) is 6.47. The van der Waals surface area contributed by atoms with Crippen molar-refractivity contribution in [3.05, 3.63) is 78.4 Å². The van der Waals surface area contributed by atoms with Crippen molar-refractivity contribution in [1.82, 2.24) is 20.2 Å². The Kier molecular flexibility index (Phi) is 9.37. The molecule has 2 heterocycles. The lowest BCUT2D eigenvalue weighted by Crippen LogP contribution is -2.31. The highest BCUT2D eigenvalue weighted by molar-refractivity contribution is 5.85. The molecule has 2 aromatic carbocycles.